The molecule has 0 N–H and O–H groups in total. The van der Waals surface area contributed by atoms with Gasteiger partial charge in [-0.25, -0.2) is 0 Å². The Kier molecular flexibility index (Phi) is 11.9. The van der Waals surface area contributed by atoms with Gasteiger partial charge in [0.2, 0.25) is 8.32 Å². The fourth-order valence-corrected chi connectivity index (χ4v) is 7.94. The normalized spacial score (nSPS) is 16.3. The molecule has 0 aromatic carbocycles. The summed E-state index contributed by atoms with van der Waals surface area (Å²) in [6.45, 7) is 23.6. The molecule has 162 valence electrons. The molecule has 0 saturated carbocycles. The molecule has 2 unspecified atom stereocenters. The van der Waals surface area contributed by atoms with Gasteiger partial charge in [-0.3, -0.25) is 4.79 Å². The molecule has 0 bridgehead atoms. The number of hydrogen-bond acceptors (Lipinski definition) is 5. The third kappa shape index (κ3) is 13.0. The molecule has 0 radical (unpaired) electrons. The lowest BCUT2D eigenvalue weighted by molar-refractivity contribution is -0.135. The average Bonchev–Trinajstić information content (AvgIpc) is 2.47. The maximum atomic E-state index is 12.3. The minimum Gasteiger partial charge on any atom is -0.519 e. The highest BCUT2D eigenvalue weighted by Crippen LogP contribution is 2.21. The van der Waals surface area contributed by atoms with Crippen LogP contribution in [0.1, 0.15) is 40.0 Å². The van der Waals surface area contributed by atoms with Gasteiger partial charge in [0.25, 0.3) is 0 Å². The van der Waals surface area contributed by atoms with E-state index in [4.69, 9.17) is 13.3 Å². The van der Waals surface area contributed by atoms with Crippen LogP contribution in [0.15, 0.2) is 0 Å². The molecule has 0 saturated heterocycles. The molecule has 0 aliphatic rings. The zero-order valence-corrected chi connectivity index (χ0v) is 22.6. The van der Waals surface area contributed by atoms with E-state index in [1.807, 2.05) is 6.92 Å². The molecule has 8 heteroatoms. The van der Waals surface area contributed by atoms with Crippen molar-refractivity contribution in [2.45, 2.75) is 98.0 Å². The van der Waals surface area contributed by atoms with Crippen molar-refractivity contribution in [1.82, 2.24) is 4.57 Å². The minimum atomic E-state index is -2.11. The molecule has 5 nitrogen and oxygen atoms in total. The monoisotopic (exact) mass is 435 g/mol. The lowest BCUT2D eigenvalue weighted by Crippen LogP contribution is -2.50. The van der Waals surface area contributed by atoms with Crippen LogP contribution in [-0.2, 0) is 18.1 Å². The van der Waals surface area contributed by atoms with Crippen LogP contribution in [0.25, 0.3) is 0 Å². The van der Waals surface area contributed by atoms with Gasteiger partial charge < -0.3 is 17.8 Å². The van der Waals surface area contributed by atoms with Gasteiger partial charge in [-0.2, -0.15) is 0 Å². The van der Waals surface area contributed by atoms with Crippen LogP contribution in [0.3, 0.4) is 0 Å². The highest BCUT2D eigenvalue weighted by molar-refractivity contribution is 6.73. The molecule has 0 aliphatic carbocycles. The quantitative estimate of drug-likeness (QED) is 0.277. The summed E-state index contributed by atoms with van der Waals surface area (Å²) in [6.07, 6.45) is 3.40. The van der Waals surface area contributed by atoms with Crippen molar-refractivity contribution in [3.05, 3.63) is 0 Å². The van der Waals surface area contributed by atoms with Gasteiger partial charge in [0.1, 0.15) is 8.24 Å². The Labute approximate surface area is 171 Å². The van der Waals surface area contributed by atoms with Crippen molar-refractivity contribution in [3.8, 4) is 0 Å². The Morgan fingerprint density at radius 2 is 1.59 bits per heavy atom. The molecule has 0 aromatic heterocycles. The second kappa shape index (κ2) is 11.9. The zero-order valence-electron chi connectivity index (χ0n) is 19.6. The molecule has 0 rings (SSSR count). The van der Waals surface area contributed by atoms with Crippen molar-refractivity contribution < 1.29 is 18.1 Å². The van der Waals surface area contributed by atoms with E-state index in [-0.39, 0.29) is 12.1 Å². The number of carbonyl (C=O) groups is 1. The molecule has 0 amide bonds. The van der Waals surface area contributed by atoms with E-state index < -0.39 is 25.1 Å². The van der Waals surface area contributed by atoms with Crippen LogP contribution < -0.4 is 0 Å². The number of carbonyl (C=O) groups excluding carboxylic acids is 1. The Balaban J connectivity index is 4.65. The van der Waals surface area contributed by atoms with E-state index in [0.29, 0.717) is 13.2 Å². The number of rotatable bonds is 14. The van der Waals surface area contributed by atoms with Gasteiger partial charge in [0.05, 0.1) is 6.54 Å². The first-order chi connectivity index (χ1) is 12.2. The van der Waals surface area contributed by atoms with E-state index >= 15 is 0 Å². The fourth-order valence-electron chi connectivity index (χ4n) is 2.91. The summed E-state index contributed by atoms with van der Waals surface area (Å²) in [5.41, 5.74) is 0. The third-order valence-electron chi connectivity index (χ3n) is 4.47. The first-order valence-corrected chi connectivity index (χ1v) is 19.9. The van der Waals surface area contributed by atoms with Crippen molar-refractivity contribution in [1.29, 1.82) is 0 Å². The topological polar surface area (TPSA) is 48.0 Å². The van der Waals surface area contributed by atoms with E-state index in [2.05, 4.69) is 64.2 Å². The van der Waals surface area contributed by atoms with Crippen molar-refractivity contribution in [2.24, 2.45) is 0 Å². The number of hydrogen-bond donors (Lipinski definition) is 0. The molecule has 0 aromatic rings. The Bertz CT molecular complexity index is 438. The van der Waals surface area contributed by atoms with Crippen LogP contribution in [0.4, 0.5) is 0 Å². The highest BCUT2D eigenvalue weighted by atomic mass is 28.4. The van der Waals surface area contributed by atoms with Crippen LogP contribution in [0, 0.1) is 0 Å². The van der Waals surface area contributed by atoms with Gasteiger partial charge in [0, 0.05) is 12.7 Å². The summed E-state index contributed by atoms with van der Waals surface area (Å²) in [4.78, 5) is 12.3. The molecule has 0 aliphatic heterocycles. The second-order valence-corrected chi connectivity index (χ2v) is 22.2. The average molecular weight is 436 g/mol. The fraction of sp³-hybridized carbons (Fsp3) is 0.947. The zero-order chi connectivity index (χ0) is 21.3. The van der Waals surface area contributed by atoms with Gasteiger partial charge >= 0.3 is 14.5 Å². The van der Waals surface area contributed by atoms with E-state index in [1.54, 1.807) is 0 Å². The Hall–Kier alpha value is 0.000649. The van der Waals surface area contributed by atoms with Crippen molar-refractivity contribution >= 4 is 31.1 Å². The van der Waals surface area contributed by atoms with Crippen LogP contribution >= 0.6 is 0 Å². The lowest BCUT2D eigenvalue weighted by Gasteiger charge is -2.34. The van der Waals surface area contributed by atoms with Crippen LogP contribution in [0.5, 0.6) is 0 Å². The SMILES string of the molecule is CCO[Si](C)(CCCCN(CC(=O)O[Si](C)(C)C)[Si](C)(C)C)OC(C)CC. The summed E-state index contributed by atoms with van der Waals surface area (Å²) >= 11 is 0. The van der Waals surface area contributed by atoms with Crippen LogP contribution in [-0.4, -0.2) is 61.4 Å². The van der Waals surface area contributed by atoms with Crippen molar-refractivity contribution in [3.63, 3.8) is 0 Å². The minimum absolute atomic E-state index is 0.0646. The second-order valence-electron chi connectivity index (χ2n) is 9.54. The Morgan fingerprint density at radius 1 is 1.00 bits per heavy atom. The van der Waals surface area contributed by atoms with Crippen LogP contribution in [0.2, 0.25) is 51.9 Å². The maximum Gasteiger partial charge on any atom is 0.335 e. The largest absolute Gasteiger partial charge is 0.519 e. The molecule has 0 spiro atoms. The van der Waals surface area contributed by atoms with Gasteiger partial charge in [-0.05, 0) is 65.5 Å². The molecule has 2 atom stereocenters. The number of unbranched alkanes of at least 4 members (excludes halogenated alkanes) is 1. The summed E-state index contributed by atoms with van der Waals surface area (Å²) < 4.78 is 20.3. The predicted molar refractivity (Wildman–Crippen MR) is 122 cm³/mol. The van der Waals surface area contributed by atoms with E-state index in [0.717, 1.165) is 31.9 Å². The summed E-state index contributed by atoms with van der Waals surface area (Å²) in [7, 11) is -5.51. The predicted octanol–water partition coefficient (Wildman–Crippen LogP) is 5.21. The van der Waals surface area contributed by atoms with Crippen molar-refractivity contribution in [2.75, 3.05) is 19.7 Å². The maximum absolute atomic E-state index is 12.3. The number of nitrogens with zero attached hydrogens (tertiary/aromatic N) is 1. The summed E-state index contributed by atoms with van der Waals surface area (Å²) in [5.74, 6) is -0.0646. The van der Waals surface area contributed by atoms with Gasteiger partial charge in [-0.1, -0.05) is 33.0 Å². The summed E-state index contributed by atoms with van der Waals surface area (Å²) in [5, 5.41) is 0. The van der Waals surface area contributed by atoms with Gasteiger partial charge in [-0.15, -0.1) is 0 Å². The highest BCUT2D eigenvalue weighted by Gasteiger charge is 2.33. The Morgan fingerprint density at radius 3 is 2.04 bits per heavy atom. The van der Waals surface area contributed by atoms with E-state index in [9.17, 15) is 4.79 Å². The first-order valence-electron chi connectivity index (χ1n) is 10.5. The van der Waals surface area contributed by atoms with E-state index in [1.165, 1.54) is 0 Å². The first kappa shape index (κ1) is 27.0. The summed E-state index contributed by atoms with van der Waals surface area (Å²) in [6, 6.07) is 1.00. The standard InChI is InChI=1S/C19H45NO4Si3/c1-11-18(3)23-27(10,22-12-2)16-14-13-15-20(25(4,5)6)17-19(21)24-26(7,8)9/h18H,11-17H2,1-10H3. The molecular formula is C19H45NO4Si3. The van der Waals surface area contributed by atoms with Gasteiger partial charge in [0.15, 0.2) is 0 Å². The molecule has 27 heavy (non-hydrogen) atoms. The molecule has 0 heterocycles. The lowest BCUT2D eigenvalue weighted by atomic mass is 10.3. The smallest absolute Gasteiger partial charge is 0.335 e. The third-order valence-corrected chi connectivity index (χ3v) is 10.7. The molecule has 0 fully saturated rings. The molecular weight excluding hydrogens is 390 g/mol.